The zero-order valence-electron chi connectivity index (χ0n) is 15.8. The summed E-state index contributed by atoms with van der Waals surface area (Å²) < 4.78 is 36.2. The number of nitrogens with zero attached hydrogens (tertiary/aromatic N) is 2. The van der Waals surface area contributed by atoms with E-state index >= 15 is 0 Å². The molecule has 0 unspecified atom stereocenters. The molecule has 2 heterocycles. The van der Waals surface area contributed by atoms with Gasteiger partial charge in [0.05, 0.1) is 19.0 Å². The Hall–Kier alpha value is -2.10. The van der Waals surface area contributed by atoms with E-state index in [0.717, 1.165) is 9.69 Å². The summed E-state index contributed by atoms with van der Waals surface area (Å²) >= 11 is 0. The maximum absolute atomic E-state index is 12.9. The van der Waals surface area contributed by atoms with Gasteiger partial charge >= 0.3 is 0 Å². The summed E-state index contributed by atoms with van der Waals surface area (Å²) in [5.41, 5.74) is 1.25. The van der Waals surface area contributed by atoms with Crippen molar-refractivity contribution < 1.29 is 27.5 Å². The van der Waals surface area contributed by atoms with Crippen LogP contribution in [0, 0.1) is 12.8 Å². The molecule has 0 radical (unpaired) electrons. The number of aryl methyl sites for hydroxylation is 1. The monoisotopic (exact) mass is 396 g/mol. The molecule has 8 nitrogen and oxygen atoms in total. The molecule has 1 aromatic heterocycles. The van der Waals surface area contributed by atoms with Crippen LogP contribution >= 0.6 is 0 Å². The Bertz CT molecular complexity index is 966. The summed E-state index contributed by atoms with van der Waals surface area (Å²) in [4.78, 5) is 14.4. The SMILES string of the molecule is COc1ccc2c(C)c(C(=O)N3C[C@@H](CS(=O)(=O)N(C)C)[C@H](O)C3)oc2c1. The van der Waals surface area contributed by atoms with Gasteiger partial charge in [0, 0.05) is 50.1 Å². The van der Waals surface area contributed by atoms with Gasteiger partial charge in [-0.1, -0.05) is 0 Å². The molecule has 1 N–H and O–H groups in total. The molecule has 3 rings (SSSR count). The first-order valence-electron chi connectivity index (χ1n) is 8.58. The molecule has 1 fully saturated rings. The van der Waals surface area contributed by atoms with Crippen molar-refractivity contribution in [2.45, 2.75) is 13.0 Å². The number of carbonyl (C=O) groups is 1. The summed E-state index contributed by atoms with van der Waals surface area (Å²) in [6, 6.07) is 5.33. The van der Waals surface area contributed by atoms with Gasteiger partial charge in [-0.3, -0.25) is 4.79 Å². The predicted octanol–water partition coefficient (Wildman–Crippen LogP) is 1.07. The highest BCUT2D eigenvalue weighted by molar-refractivity contribution is 7.89. The molecular formula is C18H24N2O6S. The molecule has 0 aliphatic carbocycles. The van der Waals surface area contributed by atoms with Crippen molar-refractivity contribution in [1.82, 2.24) is 9.21 Å². The average Bonchev–Trinajstić information content (AvgIpc) is 3.14. The lowest BCUT2D eigenvalue weighted by Gasteiger charge is -2.17. The van der Waals surface area contributed by atoms with E-state index in [1.807, 2.05) is 6.07 Å². The highest BCUT2D eigenvalue weighted by Gasteiger charge is 2.38. The van der Waals surface area contributed by atoms with E-state index in [9.17, 15) is 18.3 Å². The van der Waals surface area contributed by atoms with E-state index in [4.69, 9.17) is 9.15 Å². The highest BCUT2D eigenvalue weighted by Crippen LogP contribution is 2.30. The van der Waals surface area contributed by atoms with Crippen molar-refractivity contribution in [2.24, 2.45) is 5.92 Å². The summed E-state index contributed by atoms with van der Waals surface area (Å²) in [5, 5.41) is 11.1. The lowest BCUT2D eigenvalue weighted by molar-refractivity contribution is 0.0735. The van der Waals surface area contributed by atoms with Crippen molar-refractivity contribution in [3.05, 3.63) is 29.5 Å². The Morgan fingerprint density at radius 2 is 2.07 bits per heavy atom. The van der Waals surface area contributed by atoms with Gasteiger partial charge in [0.2, 0.25) is 10.0 Å². The van der Waals surface area contributed by atoms with Gasteiger partial charge in [0.15, 0.2) is 5.76 Å². The first-order chi connectivity index (χ1) is 12.6. The van der Waals surface area contributed by atoms with Crippen molar-refractivity contribution in [2.75, 3.05) is 40.0 Å². The quantitative estimate of drug-likeness (QED) is 0.812. The minimum Gasteiger partial charge on any atom is -0.497 e. The number of likely N-dealkylation sites (tertiary alicyclic amines) is 1. The number of benzene rings is 1. The number of aliphatic hydroxyl groups excluding tert-OH is 1. The van der Waals surface area contributed by atoms with Gasteiger partial charge in [-0.2, -0.15) is 0 Å². The van der Waals surface area contributed by atoms with Gasteiger partial charge in [-0.15, -0.1) is 0 Å². The Morgan fingerprint density at radius 3 is 2.70 bits per heavy atom. The number of methoxy groups -OCH3 is 1. The van der Waals surface area contributed by atoms with E-state index in [1.165, 1.54) is 19.0 Å². The number of ether oxygens (including phenoxy) is 1. The first kappa shape index (κ1) is 19.7. The van der Waals surface area contributed by atoms with E-state index in [1.54, 1.807) is 26.2 Å². The molecule has 0 bridgehead atoms. The molecule has 1 aliphatic heterocycles. The number of β-amino-alcohol motifs (C(OH)–C–C–N with tert-alkyl or cyclic N) is 1. The lowest BCUT2D eigenvalue weighted by atomic mass is 10.1. The third-order valence-electron chi connectivity index (χ3n) is 5.01. The molecule has 1 amide bonds. The van der Waals surface area contributed by atoms with Crippen LogP contribution in [0.5, 0.6) is 5.75 Å². The molecule has 0 saturated carbocycles. The fourth-order valence-electron chi connectivity index (χ4n) is 3.28. The maximum Gasteiger partial charge on any atom is 0.289 e. The molecular weight excluding hydrogens is 372 g/mol. The number of hydrogen-bond donors (Lipinski definition) is 1. The molecule has 9 heteroatoms. The number of fused-ring (bicyclic) bond motifs is 1. The van der Waals surface area contributed by atoms with Gasteiger partial charge in [-0.05, 0) is 19.1 Å². The average molecular weight is 396 g/mol. The summed E-state index contributed by atoms with van der Waals surface area (Å²) in [5.74, 6) is -0.277. The zero-order chi connectivity index (χ0) is 19.9. The van der Waals surface area contributed by atoms with Crippen LogP contribution in [-0.4, -0.2) is 74.8 Å². The fraction of sp³-hybridized carbons (Fsp3) is 0.500. The number of furan rings is 1. The number of hydrogen-bond acceptors (Lipinski definition) is 6. The fourth-order valence-corrected chi connectivity index (χ4v) is 4.45. The lowest BCUT2D eigenvalue weighted by Crippen LogP contribution is -2.33. The van der Waals surface area contributed by atoms with E-state index in [2.05, 4.69) is 0 Å². The smallest absolute Gasteiger partial charge is 0.289 e. The number of carbonyl (C=O) groups excluding carboxylic acids is 1. The number of aliphatic hydroxyl groups is 1. The molecule has 1 aromatic carbocycles. The predicted molar refractivity (Wildman–Crippen MR) is 100 cm³/mol. The Kier molecular flexibility index (Phi) is 5.20. The molecule has 1 aliphatic rings. The van der Waals surface area contributed by atoms with Gasteiger partial charge in [0.1, 0.15) is 11.3 Å². The van der Waals surface area contributed by atoms with Crippen LogP contribution < -0.4 is 4.74 Å². The van der Waals surface area contributed by atoms with Crippen molar-refractivity contribution in [3.8, 4) is 5.75 Å². The van der Waals surface area contributed by atoms with Crippen LogP contribution in [0.1, 0.15) is 16.1 Å². The standard InChI is InChI=1S/C18H24N2O6S/c1-11-14-6-5-13(25-4)7-16(14)26-17(11)18(22)20-8-12(15(21)9-20)10-27(23,24)19(2)3/h5-7,12,15,21H,8-10H2,1-4H3/t12-,15+/m0/s1. The van der Waals surface area contributed by atoms with Crippen LogP contribution in [0.3, 0.4) is 0 Å². The molecule has 1 saturated heterocycles. The second kappa shape index (κ2) is 7.14. The highest BCUT2D eigenvalue weighted by atomic mass is 32.2. The van der Waals surface area contributed by atoms with Crippen LogP contribution in [0.2, 0.25) is 0 Å². The largest absolute Gasteiger partial charge is 0.497 e. The molecule has 2 atom stereocenters. The molecule has 0 spiro atoms. The Balaban J connectivity index is 1.82. The summed E-state index contributed by atoms with van der Waals surface area (Å²) in [7, 11) is 0.986. The first-order valence-corrected chi connectivity index (χ1v) is 10.2. The maximum atomic E-state index is 12.9. The second-order valence-corrected chi connectivity index (χ2v) is 9.24. The third kappa shape index (κ3) is 3.67. The van der Waals surface area contributed by atoms with Gasteiger partial charge < -0.3 is 19.2 Å². The molecule has 148 valence electrons. The number of rotatable bonds is 5. The van der Waals surface area contributed by atoms with E-state index < -0.39 is 22.0 Å². The van der Waals surface area contributed by atoms with Crippen molar-refractivity contribution in [3.63, 3.8) is 0 Å². The normalized spacial score (nSPS) is 20.6. The Labute approximate surface area is 158 Å². The van der Waals surface area contributed by atoms with Gasteiger partial charge in [-0.25, -0.2) is 12.7 Å². The van der Waals surface area contributed by atoms with E-state index in [-0.39, 0.29) is 30.5 Å². The minimum absolute atomic E-state index is 0.0756. The molecule has 27 heavy (non-hydrogen) atoms. The number of sulfonamides is 1. The van der Waals surface area contributed by atoms with Crippen LogP contribution in [0.15, 0.2) is 22.6 Å². The minimum atomic E-state index is -3.47. The third-order valence-corrected chi connectivity index (χ3v) is 6.98. The Morgan fingerprint density at radius 1 is 1.37 bits per heavy atom. The van der Waals surface area contributed by atoms with Crippen LogP contribution in [0.25, 0.3) is 11.0 Å². The van der Waals surface area contributed by atoms with Crippen LogP contribution in [0.4, 0.5) is 0 Å². The summed E-state index contributed by atoms with van der Waals surface area (Å²) in [6.07, 6.45) is -0.895. The van der Waals surface area contributed by atoms with Crippen molar-refractivity contribution >= 4 is 26.9 Å². The number of amides is 1. The molecule has 2 aromatic rings. The topological polar surface area (TPSA) is 100 Å². The summed E-state index contributed by atoms with van der Waals surface area (Å²) in [6.45, 7) is 2.03. The van der Waals surface area contributed by atoms with Crippen molar-refractivity contribution in [1.29, 1.82) is 0 Å². The zero-order valence-corrected chi connectivity index (χ0v) is 16.6. The second-order valence-electron chi connectivity index (χ2n) is 7.02. The van der Waals surface area contributed by atoms with Crippen LogP contribution in [-0.2, 0) is 10.0 Å². The van der Waals surface area contributed by atoms with E-state index in [0.29, 0.717) is 16.9 Å². The van der Waals surface area contributed by atoms with Gasteiger partial charge in [0.25, 0.3) is 5.91 Å².